The molecule has 1 heterocycles. The fourth-order valence-corrected chi connectivity index (χ4v) is 1.27. The average molecular weight is 237 g/mol. The Morgan fingerprint density at radius 1 is 1.59 bits per heavy atom. The lowest BCUT2D eigenvalue weighted by Gasteiger charge is -2.24. The van der Waals surface area contributed by atoms with Crippen molar-refractivity contribution in [2.45, 2.75) is 32.4 Å². The Hall–Kier alpha value is -1.46. The van der Waals surface area contributed by atoms with E-state index in [0.717, 1.165) is 5.56 Å². The highest BCUT2D eigenvalue weighted by molar-refractivity contribution is 5.96. The van der Waals surface area contributed by atoms with Gasteiger partial charge in [-0.3, -0.25) is 4.79 Å². The quantitative estimate of drug-likeness (QED) is 0.809. The van der Waals surface area contributed by atoms with E-state index in [0.29, 0.717) is 18.8 Å². The molecule has 0 spiro atoms. The lowest BCUT2D eigenvalue weighted by atomic mass is 10.0. The van der Waals surface area contributed by atoms with Gasteiger partial charge >= 0.3 is 0 Å². The van der Waals surface area contributed by atoms with E-state index in [-0.39, 0.29) is 5.91 Å². The molecule has 0 fully saturated rings. The minimum Gasteiger partial charge on any atom is -0.369 e. The second kappa shape index (κ2) is 5.75. The van der Waals surface area contributed by atoms with Crippen molar-refractivity contribution in [3.8, 4) is 0 Å². The Morgan fingerprint density at radius 3 is 2.71 bits per heavy atom. The molecule has 3 N–H and O–H groups in total. The predicted molar refractivity (Wildman–Crippen MR) is 66.5 cm³/mol. The number of rotatable bonds is 5. The Labute approximate surface area is 101 Å². The standard InChI is InChI=1S/C12H19N3O2/c1-4-12(2,17-3)11(16)15-10-6-5-9(7-13)8-14-10/h5-6,8H,4,7,13H2,1-3H3,(H,14,15,16). The van der Waals surface area contributed by atoms with Crippen LogP contribution in [0.5, 0.6) is 0 Å². The Kier molecular flexibility index (Phi) is 4.60. The molecule has 0 aromatic carbocycles. The maximum absolute atomic E-state index is 12.0. The fraction of sp³-hybridized carbons (Fsp3) is 0.500. The van der Waals surface area contributed by atoms with E-state index >= 15 is 0 Å². The van der Waals surface area contributed by atoms with Gasteiger partial charge in [-0.15, -0.1) is 0 Å². The molecule has 0 bridgehead atoms. The van der Waals surface area contributed by atoms with E-state index in [2.05, 4.69) is 10.3 Å². The highest BCUT2D eigenvalue weighted by Gasteiger charge is 2.31. The lowest BCUT2D eigenvalue weighted by Crippen LogP contribution is -2.41. The van der Waals surface area contributed by atoms with Gasteiger partial charge in [0.1, 0.15) is 11.4 Å². The third-order valence-electron chi connectivity index (χ3n) is 2.91. The molecule has 1 atom stereocenters. The molecule has 0 saturated heterocycles. The van der Waals surface area contributed by atoms with Crippen molar-refractivity contribution in [2.75, 3.05) is 12.4 Å². The first kappa shape index (κ1) is 13.6. The summed E-state index contributed by atoms with van der Waals surface area (Å²) in [4.78, 5) is 16.1. The molecule has 17 heavy (non-hydrogen) atoms. The van der Waals surface area contributed by atoms with Gasteiger partial charge in [0.25, 0.3) is 5.91 Å². The van der Waals surface area contributed by atoms with Crippen molar-refractivity contribution >= 4 is 11.7 Å². The molecule has 0 radical (unpaired) electrons. The average Bonchev–Trinajstić information content (AvgIpc) is 2.38. The molecular formula is C12H19N3O2. The summed E-state index contributed by atoms with van der Waals surface area (Å²) < 4.78 is 5.21. The van der Waals surface area contributed by atoms with Crippen molar-refractivity contribution < 1.29 is 9.53 Å². The number of nitrogens with one attached hydrogen (secondary N) is 1. The number of nitrogens with zero attached hydrogens (tertiary/aromatic N) is 1. The normalized spacial score (nSPS) is 14.1. The molecule has 1 unspecified atom stereocenters. The van der Waals surface area contributed by atoms with Crippen molar-refractivity contribution in [3.05, 3.63) is 23.9 Å². The van der Waals surface area contributed by atoms with Crippen LogP contribution in [0.4, 0.5) is 5.82 Å². The summed E-state index contributed by atoms with van der Waals surface area (Å²) in [7, 11) is 1.52. The van der Waals surface area contributed by atoms with Crippen LogP contribution in [0.15, 0.2) is 18.3 Å². The zero-order chi connectivity index (χ0) is 12.9. The molecule has 0 saturated carbocycles. The summed E-state index contributed by atoms with van der Waals surface area (Å²) in [5, 5.41) is 2.72. The third kappa shape index (κ3) is 3.25. The van der Waals surface area contributed by atoms with Crippen LogP contribution in [0.2, 0.25) is 0 Å². The fourth-order valence-electron chi connectivity index (χ4n) is 1.27. The summed E-state index contributed by atoms with van der Waals surface area (Å²) in [5.41, 5.74) is 5.57. The topological polar surface area (TPSA) is 77.2 Å². The van der Waals surface area contributed by atoms with Crippen molar-refractivity contribution in [1.29, 1.82) is 0 Å². The van der Waals surface area contributed by atoms with E-state index in [1.54, 1.807) is 19.2 Å². The number of carbonyl (C=O) groups is 1. The molecule has 1 amide bonds. The Morgan fingerprint density at radius 2 is 2.29 bits per heavy atom. The first-order valence-electron chi connectivity index (χ1n) is 5.57. The van der Waals surface area contributed by atoms with Crippen molar-refractivity contribution in [3.63, 3.8) is 0 Å². The van der Waals surface area contributed by atoms with Gasteiger partial charge in [-0.2, -0.15) is 0 Å². The van der Waals surface area contributed by atoms with Crippen LogP contribution < -0.4 is 11.1 Å². The Bertz CT molecular complexity index is 372. The number of methoxy groups -OCH3 is 1. The van der Waals surface area contributed by atoms with Crippen LogP contribution in [0.3, 0.4) is 0 Å². The molecule has 0 aliphatic heterocycles. The van der Waals surface area contributed by atoms with Crippen LogP contribution >= 0.6 is 0 Å². The summed E-state index contributed by atoms with van der Waals surface area (Å²) >= 11 is 0. The third-order valence-corrected chi connectivity index (χ3v) is 2.91. The van der Waals surface area contributed by atoms with E-state index in [9.17, 15) is 4.79 Å². The summed E-state index contributed by atoms with van der Waals surface area (Å²) in [6.07, 6.45) is 2.24. The largest absolute Gasteiger partial charge is 0.369 e. The molecule has 0 aliphatic carbocycles. The van der Waals surface area contributed by atoms with E-state index < -0.39 is 5.60 Å². The molecule has 94 valence electrons. The van der Waals surface area contributed by atoms with Crippen molar-refractivity contribution in [2.24, 2.45) is 5.73 Å². The molecule has 5 nitrogen and oxygen atoms in total. The second-order valence-corrected chi connectivity index (χ2v) is 4.00. The summed E-state index contributed by atoms with van der Waals surface area (Å²) in [6, 6.07) is 3.56. The van der Waals surface area contributed by atoms with Crippen LogP contribution in [0, 0.1) is 0 Å². The van der Waals surface area contributed by atoms with Gasteiger partial charge in [0.05, 0.1) is 0 Å². The number of amides is 1. The van der Waals surface area contributed by atoms with Gasteiger partial charge in [-0.05, 0) is 25.0 Å². The zero-order valence-electron chi connectivity index (χ0n) is 10.5. The van der Waals surface area contributed by atoms with Gasteiger partial charge < -0.3 is 15.8 Å². The number of carbonyl (C=O) groups excluding carboxylic acids is 1. The number of anilines is 1. The maximum Gasteiger partial charge on any atom is 0.257 e. The highest BCUT2D eigenvalue weighted by Crippen LogP contribution is 2.16. The number of hydrogen-bond donors (Lipinski definition) is 2. The second-order valence-electron chi connectivity index (χ2n) is 4.00. The lowest BCUT2D eigenvalue weighted by molar-refractivity contribution is -0.136. The Balaban J connectivity index is 2.73. The minimum absolute atomic E-state index is 0.199. The van der Waals surface area contributed by atoms with Crippen LogP contribution in [0.1, 0.15) is 25.8 Å². The number of hydrogen-bond acceptors (Lipinski definition) is 4. The SMILES string of the molecule is CCC(C)(OC)C(=O)Nc1ccc(CN)cn1. The van der Waals surface area contributed by atoms with E-state index in [1.165, 1.54) is 7.11 Å². The number of aromatic nitrogens is 1. The number of nitrogens with two attached hydrogens (primary N) is 1. The molecule has 5 heteroatoms. The van der Waals surface area contributed by atoms with Gasteiger partial charge in [-0.25, -0.2) is 4.98 Å². The zero-order valence-corrected chi connectivity index (χ0v) is 10.5. The minimum atomic E-state index is -0.825. The smallest absolute Gasteiger partial charge is 0.257 e. The van der Waals surface area contributed by atoms with Gasteiger partial charge in [0.15, 0.2) is 0 Å². The molecule has 1 aromatic heterocycles. The van der Waals surface area contributed by atoms with Gasteiger partial charge in [0, 0.05) is 19.9 Å². The first-order chi connectivity index (χ1) is 8.05. The monoisotopic (exact) mass is 237 g/mol. The van der Waals surface area contributed by atoms with Crippen LogP contribution in [-0.4, -0.2) is 23.6 Å². The molecule has 1 aromatic rings. The summed E-state index contributed by atoms with van der Waals surface area (Å²) in [5.74, 6) is 0.305. The molecule has 0 aliphatic rings. The van der Waals surface area contributed by atoms with E-state index in [1.807, 2.05) is 13.0 Å². The van der Waals surface area contributed by atoms with Gasteiger partial charge in [0.2, 0.25) is 0 Å². The van der Waals surface area contributed by atoms with Crippen LogP contribution in [-0.2, 0) is 16.1 Å². The molecular weight excluding hydrogens is 218 g/mol. The van der Waals surface area contributed by atoms with Crippen LogP contribution in [0.25, 0.3) is 0 Å². The number of pyridine rings is 1. The summed E-state index contributed by atoms with van der Waals surface area (Å²) in [6.45, 7) is 4.08. The number of ether oxygens (including phenoxy) is 1. The molecule has 1 rings (SSSR count). The van der Waals surface area contributed by atoms with Crippen molar-refractivity contribution in [1.82, 2.24) is 4.98 Å². The highest BCUT2D eigenvalue weighted by atomic mass is 16.5. The predicted octanol–water partition coefficient (Wildman–Crippen LogP) is 1.29. The van der Waals surface area contributed by atoms with Gasteiger partial charge in [-0.1, -0.05) is 13.0 Å². The maximum atomic E-state index is 12.0. The van der Waals surface area contributed by atoms with E-state index in [4.69, 9.17) is 10.5 Å². The first-order valence-corrected chi connectivity index (χ1v) is 5.57.